The first-order valence-corrected chi connectivity index (χ1v) is 5.42. The lowest BCUT2D eigenvalue weighted by molar-refractivity contribution is 0.215. The Morgan fingerprint density at radius 3 is 3.00 bits per heavy atom. The molecule has 5 heteroatoms. The van der Waals surface area contributed by atoms with E-state index < -0.39 is 0 Å². The largest absolute Gasteiger partial charge is 0.388 e. The Labute approximate surface area is 89.7 Å². The Morgan fingerprint density at radius 2 is 2.40 bits per heavy atom. The Bertz CT molecular complexity index is 321. The maximum absolute atomic E-state index is 9.04. The van der Waals surface area contributed by atoms with Gasteiger partial charge in [0.15, 0.2) is 5.82 Å². The standard InChI is InChI=1S/C10H18N4O/c1-8(13(2)9-3-4-9)5-14-7-11-12-10(14)6-15/h7-9,15H,3-6H2,1-2H3. The van der Waals surface area contributed by atoms with E-state index in [1.807, 2.05) is 4.57 Å². The van der Waals surface area contributed by atoms with Crippen molar-refractivity contribution in [1.29, 1.82) is 0 Å². The second-order valence-electron chi connectivity index (χ2n) is 4.30. The minimum Gasteiger partial charge on any atom is -0.388 e. The first-order chi connectivity index (χ1) is 7.22. The number of aliphatic hydroxyl groups is 1. The molecule has 0 aromatic carbocycles. The Balaban J connectivity index is 1.95. The highest BCUT2D eigenvalue weighted by Gasteiger charge is 2.29. The van der Waals surface area contributed by atoms with Crippen molar-refractivity contribution in [2.45, 2.75) is 45.0 Å². The number of hydrogen-bond acceptors (Lipinski definition) is 4. The van der Waals surface area contributed by atoms with Crippen LogP contribution in [-0.4, -0.2) is 43.9 Å². The normalized spacial score (nSPS) is 18.4. The summed E-state index contributed by atoms with van der Waals surface area (Å²) in [6, 6.07) is 1.22. The molecule has 0 saturated heterocycles. The SMILES string of the molecule is CC(Cn1cnnc1CO)N(C)C1CC1. The molecule has 15 heavy (non-hydrogen) atoms. The zero-order valence-corrected chi connectivity index (χ0v) is 9.30. The molecule has 1 aromatic heterocycles. The summed E-state index contributed by atoms with van der Waals surface area (Å²) in [7, 11) is 2.16. The number of rotatable bonds is 5. The van der Waals surface area contributed by atoms with Crippen molar-refractivity contribution in [2.24, 2.45) is 0 Å². The van der Waals surface area contributed by atoms with E-state index in [1.54, 1.807) is 6.33 Å². The summed E-state index contributed by atoms with van der Waals surface area (Å²) >= 11 is 0. The molecule has 0 amide bonds. The fourth-order valence-corrected chi connectivity index (χ4v) is 1.81. The van der Waals surface area contributed by atoms with Gasteiger partial charge in [0.05, 0.1) is 0 Å². The van der Waals surface area contributed by atoms with Crippen molar-refractivity contribution in [1.82, 2.24) is 19.7 Å². The van der Waals surface area contributed by atoms with Crippen molar-refractivity contribution in [3.63, 3.8) is 0 Å². The van der Waals surface area contributed by atoms with Gasteiger partial charge in [0.2, 0.25) is 0 Å². The lowest BCUT2D eigenvalue weighted by atomic mass is 10.3. The van der Waals surface area contributed by atoms with E-state index in [0.29, 0.717) is 11.9 Å². The Morgan fingerprint density at radius 1 is 1.67 bits per heavy atom. The van der Waals surface area contributed by atoms with Gasteiger partial charge >= 0.3 is 0 Å². The number of likely N-dealkylation sites (N-methyl/N-ethyl adjacent to an activating group) is 1. The third-order valence-electron chi connectivity index (χ3n) is 3.12. The molecule has 1 aliphatic rings. The van der Waals surface area contributed by atoms with E-state index in [2.05, 4.69) is 29.1 Å². The average Bonchev–Trinajstić information content (AvgIpc) is 2.99. The number of hydrogen-bond donors (Lipinski definition) is 1. The van der Waals surface area contributed by atoms with Gasteiger partial charge in [-0.1, -0.05) is 0 Å². The van der Waals surface area contributed by atoms with E-state index in [9.17, 15) is 0 Å². The Kier molecular flexibility index (Phi) is 3.02. The maximum atomic E-state index is 9.04. The van der Waals surface area contributed by atoms with Crippen LogP contribution < -0.4 is 0 Å². The molecule has 2 rings (SSSR count). The fraction of sp³-hybridized carbons (Fsp3) is 0.800. The van der Waals surface area contributed by atoms with Crippen molar-refractivity contribution in [3.8, 4) is 0 Å². The van der Waals surface area contributed by atoms with Gasteiger partial charge in [0, 0.05) is 18.6 Å². The maximum Gasteiger partial charge on any atom is 0.158 e. The van der Waals surface area contributed by atoms with Crippen LogP contribution in [0.15, 0.2) is 6.33 Å². The van der Waals surface area contributed by atoms with E-state index in [4.69, 9.17) is 5.11 Å². The summed E-state index contributed by atoms with van der Waals surface area (Å²) in [5.74, 6) is 0.644. The van der Waals surface area contributed by atoms with Crippen LogP contribution in [0, 0.1) is 0 Å². The average molecular weight is 210 g/mol. The van der Waals surface area contributed by atoms with Gasteiger partial charge < -0.3 is 9.67 Å². The lowest BCUT2D eigenvalue weighted by Gasteiger charge is -2.24. The van der Waals surface area contributed by atoms with Crippen molar-refractivity contribution in [3.05, 3.63) is 12.2 Å². The van der Waals surface area contributed by atoms with Gasteiger partial charge in [-0.3, -0.25) is 4.90 Å². The highest BCUT2D eigenvalue weighted by molar-refractivity contribution is 4.88. The first-order valence-electron chi connectivity index (χ1n) is 5.42. The minimum absolute atomic E-state index is 0.0418. The molecule has 0 bridgehead atoms. The van der Waals surface area contributed by atoms with Crippen LogP contribution in [0.3, 0.4) is 0 Å². The summed E-state index contributed by atoms with van der Waals surface area (Å²) in [5.41, 5.74) is 0. The molecular weight excluding hydrogens is 192 g/mol. The molecule has 5 nitrogen and oxygen atoms in total. The zero-order valence-electron chi connectivity index (χ0n) is 9.30. The molecule has 1 aromatic rings. The van der Waals surface area contributed by atoms with Crippen LogP contribution in [0.2, 0.25) is 0 Å². The number of nitrogens with zero attached hydrogens (tertiary/aromatic N) is 4. The second kappa shape index (κ2) is 4.28. The van der Waals surface area contributed by atoms with Crippen LogP contribution in [0.4, 0.5) is 0 Å². The summed E-state index contributed by atoms with van der Waals surface area (Å²) in [6.45, 7) is 3.00. The van der Waals surface area contributed by atoms with Gasteiger partial charge in [-0.05, 0) is 26.8 Å². The summed E-state index contributed by atoms with van der Waals surface area (Å²) < 4.78 is 1.92. The minimum atomic E-state index is -0.0418. The van der Waals surface area contributed by atoms with E-state index in [-0.39, 0.29) is 6.61 Å². The number of aliphatic hydroxyl groups excluding tert-OH is 1. The van der Waals surface area contributed by atoms with Gasteiger partial charge in [0.25, 0.3) is 0 Å². The third kappa shape index (κ3) is 2.35. The lowest BCUT2D eigenvalue weighted by Crippen LogP contribution is -2.34. The monoisotopic (exact) mass is 210 g/mol. The van der Waals surface area contributed by atoms with Crippen LogP contribution in [0.5, 0.6) is 0 Å². The second-order valence-corrected chi connectivity index (χ2v) is 4.30. The van der Waals surface area contributed by atoms with Crippen LogP contribution in [0.1, 0.15) is 25.6 Å². The molecule has 1 atom stereocenters. The predicted molar refractivity (Wildman–Crippen MR) is 56.2 cm³/mol. The van der Waals surface area contributed by atoms with Gasteiger partial charge in [-0.2, -0.15) is 0 Å². The van der Waals surface area contributed by atoms with Crippen molar-refractivity contribution >= 4 is 0 Å². The molecule has 1 aliphatic carbocycles. The fourth-order valence-electron chi connectivity index (χ4n) is 1.81. The van der Waals surface area contributed by atoms with E-state index >= 15 is 0 Å². The third-order valence-corrected chi connectivity index (χ3v) is 3.12. The predicted octanol–water partition coefficient (Wildman–Crippen LogP) is 0.253. The summed E-state index contributed by atoms with van der Waals surface area (Å²) in [4.78, 5) is 2.39. The molecule has 0 radical (unpaired) electrons. The molecule has 1 N–H and O–H groups in total. The quantitative estimate of drug-likeness (QED) is 0.757. The molecular formula is C10H18N4O. The summed E-state index contributed by atoms with van der Waals surface area (Å²) in [5, 5.41) is 16.7. The molecule has 0 spiro atoms. The topological polar surface area (TPSA) is 54.2 Å². The smallest absolute Gasteiger partial charge is 0.158 e. The number of aromatic nitrogens is 3. The van der Waals surface area contributed by atoms with Crippen molar-refractivity contribution < 1.29 is 5.11 Å². The van der Waals surface area contributed by atoms with Crippen LogP contribution >= 0.6 is 0 Å². The van der Waals surface area contributed by atoms with Gasteiger partial charge in [-0.15, -0.1) is 10.2 Å². The summed E-state index contributed by atoms with van der Waals surface area (Å²) in [6.07, 6.45) is 4.31. The van der Waals surface area contributed by atoms with E-state index in [1.165, 1.54) is 12.8 Å². The molecule has 1 unspecified atom stereocenters. The van der Waals surface area contributed by atoms with E-state index in [0.717, 1.165) is 12.6 Å². The van der Waals surface area contributed by atoms with Gasteiger partial charge in [-0.25, -0.2) is 0 Å². The highest BCUT2D eigenvalue weighted by Crippen LogP contribution is 2.27. The molecule has 1 heterocycles. The zero-order chi connectivity index (χ0) is 10.8. The van der Waals surface area contributed by atoms with Crippen LogP contribution in [0.25, 0.3) is 0 Å². The molecule has 1 fully saturated rings. The van der Waals surface area contributed by atoms with Crippen LogP contribution in [-0.2, 0) is 13.2 Å². The highest BCUT2D eigenvalue weighted by atomic mass is 16.3. The molecule has 1 saturated carbocycles. The Hall–Kier alpha value is -0.940. The molecule has 0 aliphatic heterocycles. The molecule has 84 valence electrons. The van der Waals surface area contributed by atoms with Crippen molar-refractivity contribution in [2.75, 3.05) is 7.05 Å². The van der Waals surface area contributed by atoms with Gasteiger partial charge in [0.1, 0.15) is 12.9 Å². The first kappa shape index (κ1) is 10.6.